The second-order valence-corrected chi connectivity index (χ2v) is 6.64. The van der Waals surface area contributed by atoms with Gasteiger partial charge in [0.15, 0.2) is 0 Å². The highest BCUT2D eigenvalue weighted by Gasteiger charge is 2.15. The third kappa shape index (κ3) is 3.86. The maximum absolute atomic E-state index is 12.2. The van der Waals surface area contributed by atoms with Gasteiger partial charge in [0.1, 0.15) is 0 Å². The Balaban J connectivity index is 1.64. The molecule has 3 rings (SSSR count). The number of aliphatic hydroxyl groups is 1. The lowest BCUT2D eigenvalue weighted by Crippen LogP contribution is -2.28. The van der Waals surface area contributed by atoms with Crippen molar-refractivity contribution in [3.63, 3.8) is 0 Å². The molecule has 0 spiro atoms. The maximum atomic E-state index is 12.2. The van der Waals surface area contributed by atoms with Crippen LogP contribution in [0.4, 0.5) is 0 Å². The Morgan fingerprint density at radius 2 is 1.78 bits per heavy atom. The molecule has 0 fully saturated rings. The molecule has 0 heterocycles. The number of halogens is 2. The van der Waals surface area contributed by atoms with Crippen molar-refractivity contribution in [3.8, 4) is 0 Å². The second kappa shape index (κ2) is 6.91. The summed E-state index contributed by atoms with van der Waals surface area (Å²) in [6, 6.07) is 10.7. The lowest BCUT2D eigenvalue weighted by Gasteiger charge is -2.13. The van der Waals surface area contributed by atoms with Gasteiger partial charge in [0, 0.05) is 22.2 Å². The monoisotopic (exact) mass is 349 g/mol. The van der Waals surface area contributed by atoms with Crippen molar-refractivity contribution in [1.82, 2.24) is 5.32 Å². The third-order valence-electron chi connectivity index (χ3n) is 4.09. The molecule has 1 aliphatic rings. The first-order valence-corrected chi connectivity index (χ1v) is 8.32. The Bertz CT molecular complexity index is 726. The Morgan fingerprint density at radius 1 is 1.09 bits per heavy atom. The number of hydrogen-bond acceptors (Lipinski definition) is 2. The number of hydrogen-bond donors (Lipinski definition) is 2. The standard InChI is InChI=1S/C18H17Cl2NO2/c19-15-7-14(8-16(20)9-15)17(22)10-21-18(23)13-5-4-11-2-1-3-12(11)6-13/h4-9,17,22H,1-3,10H2,(H,21,23). The zero-order valence-corrected chi connectivity index (χ0v) is 14.0. The molecule has 1 amide bonds. The summed E-state index contributed by atoms with van der Waals surface area (Å²) in [5, 5.41) is 13.9. The zero-order valence-electron chi connectivity index (χ0n) is 12.5. The number of fused-ring (bicyclic) bond motifs is 1. The topological polar surface area (TPSA) is 49.3 Å². The molecule has 3 nitrogen and oxygen atoms in total. The first kappa shape index (κ1) is 16.3. The predicted octanol–water partition coefficient (Wildman–Crippen LogP) is 3.95. The minimum absolute atomic E-state index is 0.104. The van der Waals surface area contributed by atoms with E-state index in [0.29, 0.717) is 21.2 Å². The van der Waals surface area contributed by atoms with E-state index in [1.54, 1.807) is 18.2 Å². The normalized spacial score (nSPS) is 14.4. The van der Waals surface area contributed by atoms with E-state index in [-0.39, 0.29) is 12.5 Å². The average molecular weight is 350 g/mol. The Morgan fingerprint density at radius 3 is 2.52 bits per heavy atom. The van der Waals surface area contributed by atoms with Gasteiger partial charge in [0.2, 0.25) is 0 Å². The van der Waals surface area contributed by atoms with E-state index in [1.165, 1.54) is 11.1 Å². The summed E-state index contributed by atoms with van der Waals surface area (Å²) in [4.78, 5) is 12.2. The van der Waals surface area contributed by atoms with Crippen LogP contribution in [0, 0.1) is 0 Å². The van der Waals surface area contributed by atoms with Crippen molar-refractivity contribution >= 4 is 29.1 Å². The van der Waals surface area contributed by atoms with Crippen LogP contribution in [0.25, 0.3) is 0 Å². The Labute approximate surface area is 145 Å². The molecule has 0 aromatic heterocycles. The fourth-order valence-corrected chi connectivity index (χ4v) is 3.43. The van der Waals surface area contributed by atoms with Gasteiger partial charge in [-0.15, -0.1) is 0 Å². The summed E-state index contributed by atoms with van der Waals surface area (Å²) in [5.74, 6) is -0.188. The van der Waals surface area contributed by atoms with Crippen LogP contribution in [-0.2, 0) is 12.8 Å². The molecule has 2 N–H and O–H groups in total. The van der Waals surface area contributed by atoms with Gasteiger partial charge in [-0.3, -0.25) is 4.79 Å². The number of carbonyl (C=O) groups is 1. The highest BCUT2D eigenvalue weighted by atomic mass is 35.5. The van der Waals surface area contributed by atoms with Gasteiger partial charge < -0.3 is 10.4 Å². The Hall–Kier alpha value is -1.55. The van der Waals surface area contributed by atoms with E-state index in [2.05, 4.69) is 5.32 Å². The van der Waals surface area contributed by atoms with Crippen molar-refractivity contribution in [3.05, 3.63) is 68.7 Å². The number of nitrogens with one attached hydrogen (secondary N) is 1. The van der Waals surface area contributed by atoms with Crippen LogP contribution in [0.2, 0.25) is 10.0 Å². The minimum Gasteiger partial charge on any atom is -0.387 e. The number of rotatable bonds is 4. The summed E-state index contributed by atoms with van der Waals surface area (Å²) in [6.45, 7) is 0.104. The lowest BCUT2D eigenvalue weighted by atomic mass is 10.1. The number of benzene rings is 2. The van der Waals surface area contributed by atoms with E-state index < -0.39 is 6.10 Å². The summed E-state index contributed by atoms with van der Waals surface area (Å²) in [7, 11) is 0. The summed E-state index contributed by atoms with van der Waals surface area (Å²) < 4.78 is 0. The average Bonchev–Trinajstić information content (AvgIpc) is 2.98. The highest BCUT2D eigenvalue weighted by Crippen LogP contribution is 2.24. The van der Waals surface area contributed by atoms with E-state index in [0.717, 1.165) is 19.3 Å². The van der Waals surface area contributed by atoms with Crippen molar-refractivity contribution < 1.29 is 9.90 Å². The van der Waals surface area contributed by atoms with Gasteiger partial charge in [-0.05, 0) is 66.3 Å². The molecule has 120 valence electrons. The Kier molecular flexibility index (Phi) is 4.90. The molecule has 0 saturated carbocycles. The molecule has 5 heteroatoms. The minimum atomic E-state index is -0.857. The largest absolute Gasteiger partial charge is 0.387 e. The number of carbonyl (C=O) groups excluding carboxylic acids is 1. The molecule has 0 radical (unpaired) electrons. The van der Waals surface area contributed by atoms with Crippen molar-refractivity contribution in [2.24, 2.45) is 0 Å². The van der Waals surface area contributed by atoms with Gasteiger partial charge in [0.05, 0.1) is 6.10 Å². The van der Waals surface area contributed by atoms with Crippen LogP contribution in [-0.4, -0.2) is 17.6 Å². The van der Waals surface area contributed by atoms with Crippen molar-refractivity contribution in [2.45, 2.75) is 25.4 Å². The second-order valence-electron chi connectivity index (χ2n) is 5.77. The lowest BCUT2D eigenvalue weighted by molar-refractivity contribution is 0.0916. The van der Waals surface area contributed by atoms with Crippen molar-refractivity contribution in [1.29, 1.82) is 0 Å². The van der Waals surface area contributed by atoms with Crippen LogP contribution in [0.15, 0.2) is 36.4 Å². The number of aliphatic hydroxyl groups excluding tert-OH is 1. The van der Waals surface area contributed by atoms with Gasteiger partial charge >= 0.3 is 0 Å². The van der Waals surface area contributed by atoms with Crippen LogP contribution >= 0.6 is 23.2 Å². The third-order valence-corrected chi connectivity index (χ3v) is 4.52. The predicted molar refractivity (Wildman–Crippen MR) is 92.2 cm³/mol. The first-order valence-electron chi connectivity index (χ1n) is 7.57. The van der Waals surface area contributed by atoms with Gasteiger partial charge in [0.25, 0.3) is 5.91 Å². The first-order chi connectivity index (χ1) is 11.0. The molecule has 0 saturated heterocycles. The number of aryl methyl sites for hydroxylation is 2. The van der Waals surface area contributed by atoms with E-state index in [9.17, 15) is 9.90 Å². The van der Waals surface area contributed by atoms with Crippen LogP contribution in [0.5, 0.6) is 0 Å². The van der Waals surface area contributed by atoms with Crippen LogP contribution in [0.1, 0.15) is 39.6 Å². The molecule has 23 heavy (non-hydrogen) atoms. The smallest absolute Gasteiger partial charge is 0.251 e. The zero-order chi connectivity index (χ0) is 16.4. The molecule has 2 aromatic rings. The van der Waals surface area contributed by atoms with E-state index in [1.807, 2.05) is 18.2 Å². The molecular weight excluding hydrogens is 333 g/mol. The van der Waals surface area contributed by atoms with Crippen molar-refractivity contribution in [2.75, 3.05) is 6.54 Å². The van der Waals surface area contributed by atoms with Crippen LogP contribution in [0.3, 0.4) is 0 Å². The van der Waals surface area contributed by atoms with Crippen LogP contribution < -0.4 is 5.32 Å². The molecule has 0 aliphatic heterocycles. The summed E-state index contributed by atoms with van der Waals surface area (Å²) in [5.41, 5.74) is 3.79. The number of amides is 1. The summed E-state index contributed by atoms with van der Waals surface area (Å²) >= 11 is 11.8. The molecular formula is C18H17Cl2NO2. The summed E-state index contributed by atoms with van der Waals surface area (Å²) in [6.07, 6.45) is 2.41. The molecule has 0 bridgehead atoms. The maximum Gasteiger partial charge on any atom is 0.251 e. The van der Waals surface area contributed by atoms with Gasteiger partial charge in [-0.1, -0.05) is 29.3 Å². The highest BCUT2D eigenvalue weighted by molar-refractivity contribution is 6.34. The SMILES string of the molecule is O=C(NCC(O)c1cc(Cl)cc(Cl)c1)c1ccc2c(c1)CCC2. The fourth-order valence-electron chi connectivity index (χ4n) is 2.89. The van der Waals surface area contributed by atoms with E-state index in [4.69, 9.17) is 23.2 Å². The molecule has 1 atom stereocenters. The quantitative estimate of drug-likeness (QED) is 0.877. The fraction of sp³-hybridized carbons (Fsp3) is 0.278. The van der Waals surface area contributed by atoms with Gasteiger partial charge in [-0.2, -0.15) is 0 Å². The molecule has 1 unspecified atom stereocenters. The van der Waals surface area contributed by atoms with E-state index >= 15 is 0 Å². The van der Waals surface area contributed by atoms with Gasteiger partial charge in [-0.25, -0.2) is 0 Å². The molecule has 1 aliphatic carbocycles. The molecule has 2 aromatic carbocycles.